The lowest BCUT2D eigenvalue weighted by Crippen LogP contribution is -2.55. The van der Waals surface area contributed by atoms with Gasteiger partial charge in [-0.1, -0.05) is 13.3 Å². The molecule has 6 heteroatoms. The van der Waals surface area contributed by atoms with Crippen molar-refractivity contribution in [3.63, 3.8) is 0 Å². The van der Waals surface area contributed by atoms with Gasteiger partial charge in [-0.2, -0.15) is 0 Å². The second-order valence-electron chi connectivity index (χ2n) is 6.40. The molecule has 2 N–H and O–H groups in total. The molecule has 1 saturated carbocycles. The molecule has 3 rings (SSSR count). The minimum atomic E-state index is -0.272. The van der Waals surface area contributed by atoms with Gasteiger partial charge in [0.15, 0.2) is 0 Å². The van der Waals surface area contributed by atoms with Crippen LogP contribution in [0.4, 0.5) is 0 Å². The van der Waals surface area contributed by atoms with Crippen molar-refractivity contribution in [2.75, 3.05) is 26.2 Å². The lowest BCUT2D eigenvalue weighted by molar-refractivity contribution is -0.136. The highest BCUT2D eigenvalue weighted by Gasteiger charge is 2.33. The Morgan fingerprint density at radius 3 is 2.68 bits per heavy atom. The first kappa shape index (κ1) is 15.9. The van der Waals surface area contributed by atoms with E-state index in [-0.39, 0.29) is 11.9 Å². The van der Waals surface area contributed by atoms with Crippen LogP contribution in [0.25, 0.3) is 0 Å². The summed E-state index contributed by atoms with van der Waals surface area (Å²) in [6.45, 7) is 6.46. The maximum atomic E-state index is 12.4. The van der Waals surface area contributed by atoms with E-state index in [2.05, 4.69) is 22.2 Å². The molecule has 2 fully saturated rings. The van der Waals surface area contributed by atoms with Crippen LogP contribution in [0, 0.1) is 5.92 Å². The zero-order chi connectivity index (χ0) is 15.5. The lowest BCUT2D eigenvalue weighted by atomic mass is 9.79. The molecule has 1 atom stereocenters. The molecule has 0 aromatic carbocycles. The van der Waals surface area contributed by atoms with Gasteiger partial charge in [0.25, 0.3) is 0 Å². The van der Waals surface area contributed by atoms with E-state index in [9.17, 15) is 4.79 Å². The zero-order valence-corrected chi connectivity index (χ0v) is 14.1. The normalized spacial score (nSPS) is 21.6. The highest BCUT2D eigenvalue weighted by atomic mass is 32.1. The van der Waals surface area contributed by atoms with Crippen LogP contribution in [-0.2, 0) is 17.8 Å². The van der Waals surface area contributed by atoms with Gasteiger partial charge in [-0.25, -0.2) is 4.98 Å². The summed E-state index contributed by atoms with van der Waals surface area (Å²) < 4.78 is 0. The number of rotatable bonds is 5. The molecule has 2 heterocycles. The molecule has 0 bridgehead atoms. The molecule has 1 amide bonds. The van der Waals surface area contributed by atoms with Crippen LogP contribution in [0.1, 0.15) is 36.9 Å². The van der Waals surface area contributed by atoms with Gasteiger partial charge in [-0.3, -0.25) is 9.69 Å². The summed E-state index contributed by atoms with van der Waals surface area (Å²) in [5.41, 5.74) is 7.28. The highest BCUT2D eigenvalue weighted by molar-refractivity contribution is 7.09. The van der Waals surface area contributed by atoms with Crippen molar-refractivity contribution in [2.24, 2.45) is 11.7 Å². The van der Waals surface area contributed by atoms with Crippen molar-refractivity contribution in [2.45, 2.75) is 45.2 Å². The first-order valence-corrected chi connectivity index (χ1v) is 9.25. The standard InChI is InChI=1S/C16H26N4OS/c1-2-14-18-13(11-22-14)10-19-6-8-20(9-7-19)16(21)15(17)12-4-3-5-12/h11-12,15H,2-10,17H2,1H3. The van der Waals surface area contributed by atoms with Crippen LogP contribution in [-0.4, -0.2) is 52.9 Å². The first-order valence-electron chi connectivity index (χ1n) is 8.37. The summed E-state index contributed by atoms with van der Waals surface area (Å²) in [5.74, 6) is 0.583. The number of aromatic nitrogens is 1. The largest absolute Gasteiger partial charge is 0.339 e. The molecule has 1 aromatic heterocycles. The number of aryl methyl sites for hydroxylation is 1. The van der Waals surface area contributed by atoms with E-state index in [4.69, 9.17) is 5.73 Å². The van der Waals surface area contributed by atoms with Crippen LogP contribution in [0.2, 0.25) is 0 Å². The van der Waals surface area contributed by atoms with Gasteiger partial charge < -0.3 is 10.6 Å². The molecule has 1 aliphatic heterocycles. The Kier molecular flexibility index (Phi) is 5.10. The third kappa shape index (κ3) is 3.50. The number of carbonyl (C=O) groups excluding carboxylic acids is 1. The van der Waals surface area contributed by atoms with Crippen LogP contribution in [0.3, 0.4) is 0 Å². The predicted octanol–water partition coefficient (Wildman–Crippen LogP) is 1.48. The Hall–Kier alpha value is -0.980. The van der Waals surface area contributed by atoms with Crippen LogP contribution >= 0.6 is 11.3 Å². The van der Waals surface area contributed by atoms with Gasteiger partial charge in [0, 0.05) is 38.1 Å². The summed E-state index contributed by atoms with van der Waals surface area (Å²) in [4.78, 5) is 21.4. The molecule has 0 spiro atoms. The van der Waals surface area contributed by atoms with Gasteiger partial charge in [-0.05, 0) is 25.2 Å². The number of carbonyl (C=O) groups is 1. The second-order valence-corrected chi connectivity index (χ2v) is 7.35. The molecular formula is C16H26N4OS. The molecule has 1 unspecified atom stereocenters. The molecule has 1 aromatic rings. The minimum absolute atomic E-state index is 0.159. The molecule has 5 nitrogen and oxygen atoms in total. The molecular weight excluding hydrogens is 296 g/mol. The molecule has 2 aliphatic rings. The highest BCUT2D eigenvalue weighted by Crippen LogP contribution is 2.29. The number of hydrogen-bond donors (Lipinski definition) is 1. The Balaban J connectivity index is 1.46. The Labute approximate surface area is 136 Å². The maximum absolute atomic E-state index is 12.4. The topological polar surface area (TPSA) is 62.5 Å². The number of hydrogen-bond acceptors (Lipinski definition) is 5. The second kappa shape index (κ2) is 7.06. The SMILES string of the molecule is CCc1nc(CN2CCN(C(=O)C(N)C3CCC3)CC2)cs1. The number of nitrogens with two attached hydrogens (primary N) is 1. The van der Waals surface area contributed by atoms with Gasteiger partial charge >= 0.3 is 0 Å². The summed E-state index contributed by atoms with van der Waals surface area (Å²) in [7, 11) is 0. The third-order valence-electron chi connectivity index (χ3n) is 4.91. The van der Waals surface area contributed by atoms with Gasteiger partial charge in [0.1, 0.15) is 0 Å². The maximum Gasteiger partial charge on any atom is 0.239 e. The molecule has 0 radical (unpaired) electrons. The molecule has 22 heavy (non-hydrogen) atoms. The van der Waals surface area contributed by atoms with Gasteiger partial charge in [0.2, 0.25) is 5.91 Å². The third-order valence-corrected chi connectivity index (χ3v) is 5.96. The Morgan fingerprint density at radius 2 is 2.14 bits per heavy atom. The smallest absolute Gasteiger partial charge is 0.239 e. The Morgan fingerprint density at radius 1 is 1.41 bits per heavy atom. The zero-order valence-electron chi connectivity index (χ0n) is 13.3. The summed E-state index contributed by atoms with van der Waals surface area (Å²) in [6.07, 6.45) is 4.48. The van der Waals surface area contributed by atoms with Crippen LogP contribution in [0.15, 0.2) is 5.38 Å². The van der Waals surface area contributed by atoms with E-state index in [1.165, 1.54) is 11.4 Å². The van der Waals surface area contributed by atoms with Crippen molar-refractivity contribution >= 4 is 17.2 Å². The molecule has 1 saturated heterocycles. The Bertz CT molecular complexity index is 506. The van der Waals surface area contributed by atoms with Crippen molar-refractivity contribution < 1.29 is 4.79 Å². The predicted molar refractivity (Wildman–Crippen MR) is 88.7 cm³/mol. The first-order chi connectivity index (χ1) is 10.7. The van der Waals surface area contributed by atoms with E-state index >= 15 is 0 Å². The summed E-state index contributed by atoms with van der Waals surface area (Å²) >= 11 is 1.74. The van der Waals surface area contributed by atoms with E-state index in [1.807, 2.05) is 4.90 Å². The van der Waals surface area contributed by atoms with Crippen molar-refractivity contribution in [1.29, 1.82) is 0 Å². The lowest BCUT2D eigenvalue weighted by Gasteiger charge is -2.38. The van der Waals surface area contributed by atoms with E-state index in [0.29, 0.717) is 5.92 Å². The monoisotopic (exact) mass is 322 g/mol. The average molecular weight is 322 g/mol. The van der Waals surface area contributed by atoms with Crippen molar-refractivity contribution in [3.05, 3.63) is 16.1 Å². The minimum Gasteiger partial charge on any atom is -0.339 e. The van der Waals surface area contributed by atoms with Gasteiger partial charge in [-0.15, -0.1) is 11.3 Å². The van der Waals surface area contributed by atoms with E-state index in [0.717, 1.165) is 57.7 Å². The summed E-state index contributed by atoms with van der Waals surface area (Å²) in [5, 5.41) is 3.36. The van der Waals surface area contributed by atoms with Crippen molar-refractivity contribution in [1.82, 2.24) is 14.8 Å². The van der Waals surface area contributed by atoms with E-state index < -0.39 is 0 Å². The average Bonchev–Trinajstić information content (AvgIpc) is 2.93. The fraction of sp³-hybridized carbons (Fsp3) is 0.750. The fourth-order valence-electron chi connectivity index (χ4n) is 3.15. The summed E-state index contributed by atoms with van der Waals surface area (Å²) in [6, 6.07) is -0.272. The molecule has 1 aliphatic carbocycles. The number of nitrogens with zero attached hydrogens (tertiary/aromatic N) is 3. The number of amides is 1. The molecule has 122 valence electrons. The van der Waals surface area contributed by atoms with Crippen LogP contribution in [0.5, 0.6) is 0 Å². The van der Waals surface area contributed by atoms with Crippen LogP contribution < -0.4 is 5.73 Å². The quantitative estimate of drug-likeness (QED) is 0.892. The fourth-order valence-corrected chi connectivity index (χ4v) is 3.89. The number of thiazole rings is 1. The van der Waals surface area contributed by atoms with Gasteiger partial charge in [0.05, 0.1) is 16.7 Å². The van der Waals surface area contributed by atoms with Crippen molar-refractivity contribution in [3.8, 4) is 0 Å². The van der Waals surface area contributed by atoms with E-state index in [1.54, 1.807) is 11.3 Å². The number of piperazine rings is 1.